The molecule has 0 saturated carbocycles. The van der Waals surface area contributed by atoms with Crippen molar-refractivity contribution in [2.75, 3.05) is 0 Å². The predicted octanol–water partition coefficient (Wildman–Crippen LogP) is 5.19. The first kappa shape index (κ1) is 22.1. The summed E-state index contributed by atoms with van der Waals surface area (Å²) in [7, 11) is 0. The third kappa shape index (κ3) is 17.2. The molecule has 0 amide bonds. The van der Waals surface area contributed by atoms with Gasteiger partial charge in [-0.05, 0) is 0 Å². The number of rotatable bonds is 1. The van der Waals surface area contributed by atoms with Gasteiger partial charge in [0.1, 0.15) is 5.82 Å². The van der Waals surface area contributed by atoms with E-state index in [1.54, 1.807) is 29.2 Å². The maximum atomic E-state index is 3.98. The molecule has 106 valence electrons. The molecule has 0 bridgehead atoms. The standard InChI is InChI=1S/C5H8N2.C3H3NS.3C2H6/c1-2-5-6-3-4-7-5;1-2-5-3-4-1;3*1-2/h3-4H,2H2,1H3,(H,6,7);1-3H;3*1-2H3. The van der Waals surface area contributed by atoms with Crippen LogP contribution in [0.4, 0.5) is 0 Å². The number of thiazole rings is 1. The number of aromatic amines is 1. The van der Waals surface area contributed by atoms with Gasteiger partial charge < -0.3 is 4.98 Å². The summed E-state index contributed by atoms with van der Waals surface area (Å²) in [5, 5.41) is 1.93. The Labute approximate surface area is 117 Å². The van der Waals surface area contributed by atoms with Crippen molar-refractivity contribution in [3.8, 4) is 0 Å². The summed E-state index contributed by atoms with van der Waals surface area (Å²) < 4.78 is 0. The topological polar surface area (TPSA) is 41.6 Å². The van der Waals surface area contributed by atoms with Crippen LogP contribution < -0.4 is 0 Å². The summed E-state index contributed by atoms with van der Waals surface area (Å²) in [5.74, 6) is 1.06. The summed E-state index contributed by atoms with van der Waals surface area (Å²) in [6.07, 6.45) is 6.36. The van der Waals surface area contributed by atoms with Crippen LogP contribution in [-0.2, 0) is 6.42 Å². The van der Waals surface area contributed by atoms with Crippen LogP contribution in [0, 0.1) is 0 Å². The zero-order valence-corrected chi connectivity index (χ0v) is 13.7. The van der Waals surface area contributed by atoms with Crippen molar-refractivity contribution >= 4 is 11.3 Å². The Kier molecular flexibility index (Phi) is 30.5. The Morgan fingerprint density at radius 2 is 1.67 bits per heavy atom. The molecule has 0 atom stereocenters. The molecule has 2 rings (SSSR count). The highest BCUT2D eigenvalue weighted by atomic mass is 32.1. The number of nitrogens with one attached hydrogen (secondary N) is 1. The number of aromatic nitrogens is 3. The van der Waals surface area contributed by atoms with Crippen molar-refractivity contribution in [2.45, 2.75) is 54.9 Å². The van der Waals surface area contributed by atoms with Crippen LogP contribution in [-0.4, -0.2) is 15.0 Å². The third-order valence-corrected chi connectivity index (χ3v) is 1.76. The fourth-order valence-electron chi connectivity index (χ4n) is 0.667. The second-order valence-electron chi connectivity index (χ2n) is 2.07. The van der Waals surface area contributed by atoms with Gasteiger partial charge in [-0.25, -0.2) is 4.98 Å². The molecule has 0 saturated heterocycles. The average molecular weight is 271 g/mol. The minimum atomic E-state index is 0.993. The number of hydrogen-bond acceptors (Lipinski definition) is 3. The Balaban J connectivity index is -0.000000181. The van der Waals surface area contributed by atoms with Crippen molar-refractivity contribution in [1.29, 1.82) is 0 Å². The lowest BCUT2D eigenvalue weighted by molar-refractivity contribution is 0.990. The van der Waals surface area contributed by atoms with Gasteiger partial charge in [-0.15, -0.1) is 11.3 Å². The van der Waals surface area contributed by atoms with E-state index in [1.807, 2.05) is 53.1 Å². The monoisotopic (exact) mass is 271 g/mol. The van der Waals surface area contributed by atoms with Crippen molar-refractivity contribution in [3.05, 3.63) is 35.3 Å². The fraction of sp³-hybridized carbons (Fsp3) is 0.571. The van der Waals surface area contributed by atoms with Crippen molar-refractivity contribution < 1.29 is 0 Å². The molecule has 4 heteroatoms. The highest BCUT2D eigenvalue weighted by molar-refractivity contribution is 7.07. The molecule has 0 unspecified atom stereocenters. The smallest absolute Gasteiger partial charge is 0.105 e. The Morgan fingerprint density at radius 1 is 1.06 bits per heavy atom. The molecule has 1 N–H and O–H groups in total. The van der Waals surface area contributed by atoms with E-state index < -0.39 is 0 Å². The Morgan fingerprint density at radius 3 is 1.83 bits per heavy atom. The van der Waals surface area contributed by atoms with Crippen LogP contribution >= 0.6 is 11.3 Å². The minimum Gasteiger partial charge on any atom is -0.349 e. The maximum absolute atomic E-state index is 3.98. The highest BCUT2D eigenvalue weighted by Crippen LogP contribution is 1.86. The van der Waals surface area contributed by atoms with E-state index in [2.05, 4.69) is 21.9 Å². The van der Waals surface area contributed by atoms with Crippen LogP contribution in [0.2, 0.25) is 0 Å². The maximum Gasteiger partial charge on any atom is 0.105 e. The zero-order valence-electron chi connectivity index (χ0n) is 12.9. The van der Waals surface area contributed by atoms with E-state index >= 15 is 0 Å². The molecule has 18 heavy (non-hydrogen) atoms. The molecular formula is C14H29N3S. The molecular weight excluding hydrogens is 242 g/mol. The second kappa shape index (κ2) is 24.9. The van der Waals surface area contributed by atoms with Gasteiger partial charge in [-0.3, -0.25) is 4.98 Å². The normalized spacial score (nSPS) is 6.83. The van der Waals surface area contributed by atoms with Gasteiger partial charge in [0.25, 0.3) is 0 Å². The second-order valence-corrected chi connectivity index (χ2v) is 2.82. The summed E-state index contributed by atoms with van der Waals surface area (Å²) in [4.78, 5) is 10.7. The number of imidazole rings is 1. The van der Waals surface area contributed by atoms with Crippen LogP contribution in [0.5, 0.6) is 0 Å². The van der Waals surface area contributed by atoms with Gasteiger partial charge in [-0.1, -0.05) is 48.5 Å². The summed E-state index contributed by atoms with van der Waals surface area (Å²) in [5.41, 5.74) is 1.79. The SMILES string of the molecule is CC.CC.CC.CCc1ncc[nH]1.c1cscn1. The lowest BCUT2D eigenvalue weighted by Gasteiger charge is -1.79. The molecule has 2 aromatic rings. The molecule has 0 aliphatic carbocycles. The third-order valence-electron chi connectivity index (χ3n) is 1.24. The fourth-order valence-corrected chi connectivity index (χ4v) is 1.02. The van der Waals surface area contributed by atoms with Crippen molar-refractivity contribution in [2.24, 2.45) is 0 Å². The number of aryl methyl sites for hydroxylation is 1. The lowest BCUT2D eigenvalue weighted by Crippen LogP contribution is -1.78. The minimum absolute atomic E-state index is 0.993. The zero-order chi connectivity index (χ0) is 14.6. The molecule has 0 fully saturated rings. The molecule has 0 spiro atoms. The van der Waals surface area contributed by atoms with Gasteiger partial charge in [0, 0.05) is 30.4 Å². The molecule has 0 aliphatic rings. The largest absolute Gasteiger partial charge is 0.349 e. The summed E-state index contributed by atoms with van der Waals surface area (Å²) >= 11 is 1.60. The van der Waals surface area contributed by atoms with Crippen LogP contribution in [0.1, 0.15) is 54.3 Å². The van der Waals surface area contributed by atoms with Gasteiger partial charge >= 0.3 is 0 Å². The quantitative estimate of drug-likeness (QED) is 0.775. The van der Waals surface area contributed by atoms with Crippen LogP contribution in [0.25, 0.3) is 0 Å². The first-order valence-electron chi connectivity index (χ1n) is 6.74. The molecule has 0 aliphatic heterocycles. The average Bonchev–Trinajstić information content (AvgIpc) is 3.21. The highest BCUT2D eigenvalue weighted by Gasteiger charge is 1.82. The first-order valence-corrected chi connectivity index (χ1v) is 7.68. The summed E-state index contributed by atoms with van der Waals surface area (Å²) in [6.45, 7) is 14.1. The first-order chi connectivity index (χ1) is 8.93. The van der Waals surface area contributed by atoms with Gasteiger partial charge in [-0.2, -0.15) is 0 Å². The van der Waals surface area contributed by atoms with E-state index in [0.29, 0.717) is 0 Å². The molecule has 0 radical (unpaired) electrons. The molecule has 2 aromatic heterocycles. The van der Waals surface area contributed by atoms with E-state index in [4.69, 9.17) is 0 Å². The number of nitrogens with zero attached hydrogens (tertiary/aromatic N) is 2. The van der Waals surface area contributed by atoms with Crippen LogP contribution in [0.15, 0.2) is 29.5 Å². The molecule has 0 aromatic carbocycles. The summed E-state index contributed by atoms with van der Waals surface area (Å²) in [6, 6.07) is 0. The van der Waals surface area contributed by atoms with Crippen molar-refractivity contribution in [3.63, 3.8) is 0 Å². The number of H-pyrrole nitrogens is 1. The molecule has 3 nitrogen and oxygen atoms in total. The van der Waals surface area contributed by atoms with Crippen molar-refractivity contribution in [1.82, 2.24) is 15.0 Å². The van der Waals surface area contributed by atoms with E-state index in [1.165, 1.54) is 0 Å². The van der Waals surface area contributed by atoms with Gasteiger partial charge in [0.15, 0.2) is 0 Å². The van der Waals surface area contributed by atoms with Crippen LogP contribution in [0.3, 0.4) is 0 Å². The van der Waals surface area contributed by atoms with E-state index in [0.717, 1.165) is 12.2 Å². The number of hydrogen-bond donors (Lipinski definition) is 1. The lowest BCUT2D eigenvalue weighted by atomic mass is 10.5. The molecule has 2 heterocycles. The van der Waals surface area contributed by atoms with E-state index in [-0.39, 0.29) is 0 Å². The predicted molar refractivity (Wildman–Crippen MR) is 84.1 cm³/mol. The van der Waals surface area contributed by atoms with Gasteiger partial charge in [0.05, 0.1) is 5.51 Å². The Hall–Kier alpha value is -1.16. The van der Waals surface area contributed by atoms with E-state index in [9.17, 15) is 0 Å². The Bertz CT molecular complexity index is 248. The van der Waals surface area contributed by atoms with Gasteiger partial charge in [0.2, 0.25) is 0 Å².